The molecule has 4 aliphatic heterocycles. The minimum absolute atomic E-state index is 0.321. The molecule has 6 heterocycles. The molecule has 9 aromatic carbocycles. The van der Waals surface area contributed by atoms with E-state index < -0.39 is 0 Å². The van der Waals surface area contributed by atoms with Crippen molar-refractivity contribution in [1.82, 2.24) is 0 Å². The maximum absolute atomic E-state index is 12.1. The highest BCUT2D eigenvalue weighted by molar-refractivity contribution is 6.12. The number of ether oxygens (including phenoxy) is 3. The summed E-state index contributed by atoms with van der Waals surface area (Å²) in [6, 6.07) is 59.6. The largest absolute Gasteiger partial charge is 0.456 e. The fourth-order valence-corrected chi connectivity index (χ4v) is 11.3. The lowest BCUT2D eigenvalue weighted by Crippen LogP contribution is -2.23. The van der Waals surface area contributed by atoms with Gasteiger partial charge in [0.05, 0.1) is 58.5 Å². The molecule has 2 atom stereocenters. The van der Waals surface area contributed by atoms with Crippen LogP contribution in [0.1, 0.15) is 41.7 Å². The van der Waals surface area contributed by atoms with Crippen LogP contribution in [0.5, 0.6) is 23.0 Å². The number of para-hydroxylation sites is 2. The van der Waals surface area contributed by atoms with E-state index in [1.54, 1.807) is 0 Å². The number of fused-ring (bicyclic) bond motifs is 15. The molecule has 0 aliphatic carbocycles. The van der Waals surface area contributed by atoms with E-state index in [-0.39, 0.29) is 12.2 Å². The van der Waals surface area contributed by atoms with E-state index in [9.17, 15) is 5.26 Å². The van der Waals surface area contributed by atoms with Crippen LogP contribution in [-0.2, 0) is 4.74 Å². The average Bonchev–Trinajstić information content (AvgIpc) is 4.20. The van der Waals surface area contributed by atoms with Crippen molar-refractivity contribution in [3.63, 3.8) is 0 Å². The SMILES string of the molecule is [C-]#[N+]c1c2c(c(N3c4ccc(-c5ccccc5)cc4Oc4cc5oc6ccccc6c5cc43)c(C#N)c1N1c3ccc(-c4ccccc4)cc3Oc3cc4oc5ccccc5c4cc31)C1CCC2O1. The Morgan fingerprint density at radius 1 is 0.464 bits per heavy atom. The Hall–Kier alpha value is -9.28. The highest BCUT2D eigenvalue weighted by atomic mass is 16.5. The van der Waals surface area contributed by atoms with Gasteiger partial charge in [0, 0.05) is 39.2 Å². The molecule has 15 rings (SSSR count). The molecule has 11 aromatic rings. The van der Waals surface area contributed by atoms with E-state index in [4.69, 9.17) is 29.6 Å². The van der Waals surface area contributed by atoms with Crippen molar-refractivity contribution in [2.24, 2.45) is 0 Å². The first-order valence-corrected chi connectivity index (χ1v) is 23.0. The van der Waals surface area contributed by atoms with E-state index in [0.717, 1.165) is 90.3 Å². The normalized spacial score (nSPS) is 16.1. The summed E-state index contributed by atoms with van der Waals surface area (Å²) >= 11 is 0. The van der Waals surface area contributed by atoms with Gasteiger partial charge >= 0.3 is 0 Å². The molecule has 69 heavy (non-hydrogen) atoms. The maximum Gasteiger partial charge on any atom is 0.218 e. The van der Waals surface area contributed by atoms with Gasteiger partial charge in [0.1, 0.15) is 28.4 Å². The maximum atomic E-state index is 12.1. The third-order valence-corrected chi connectivity index (χ3v) is 14.3. The molecule has 0 amide bonds. The zero-order chi connectivity index (χ0) is 45.5. The quantitative estimate of drug-likeness (QED) is 0.161. The first-order chi connectivity index (χ1) is 34.1. The fourth-order valence-electron chi connectivity index (χ4n) is 11.3. The first kappa shape index (κ1) is 37.9. The minimum Gasteiger partial charge on any atom is -0.456 e. The molecular weight excluding hydrogens is 857 g/mol. The summed E-state index contributed by atoms with van der Waals surface area (Å²) in [4.78, 5) is 8.65. The van der Waals surface area contributed by atoms with Gasteiger partial charge < -0.3 is 32.8 Å². The lowest BCUT2D eigenvalue weighted by atomic mass is 9.84. The van der Waals surface area contributed by atoms with Crippen molar-refractivity contribution in [3.8, 4) is 51.3 Å². The van der Waals surface area contributed by atoms with Crippen LogP contribution in [0.2, 0.25) is 0 Å². The Morgan fingerprint density at radius 3 is 1.46 bits per heavy atom. The van der Waals surface area contributed by atoms with Crippen molar-refractivity contribution >= 4 is 83.7 Å². The highest BCUT2D eigenvalue weighted by Gasteiger charge is 2.48. The second-order valence-corrected chi connectivity index (χ2v) is 18.0. The Morgan fingerprint density at radius 2 is 0.942 bits per heavy atom. The predicted molar refractivity (Wildman–Crippen MR) is 268 cm³/mol. The summed E-state index contributed by atoms with van der Waals surface area (Å²) in [5.41, 5.74) is 13.2. The smallest absolute Gasteiger partial charge is 0.218 e. The number of nitriles is 1. The van der Waals surface area contributed by atoms with Gasteiger partial charge in [0.25, 0.3) is 0 Å². The van der Waals surface area contributed by atoms with E-state index >= 15 is 0 Å². The molecule has 2 aromatic heterocycles. The van der Waals surface area contributed by atoms with Gasteiger partial charge in [-0.25, -0.2) is 4.85 Å². The van der Waals surface area contributed by atoms with Crippen LogP contribution in [0.4, 0.5) is 39.8 Å². The Kier molecular flexibility index (Phi) is 7.75. The van der Waals surface area contributed by atoms with Crippen LogP contribution in [0, 0.1) is 17.9 Å². The summed E-state index contributed by atoms with van der Waals surface area (Å²) in [5.74, 6) is 2.29. The first-order valence-electron chi connectivity index (χ1n) is 23.0. The fraction of sp³-hybridized carbons (Fsp3) is 0.0667. The number of rotatable bonds is 4. The number of benzene rings is 9. The van der Waals surface area contributed by atoms with Crippen LogP contribution in [-0.4, -0.2) is 0 Å². The van der Waals surface area contributed by atoms with Crippen molar-refractivity contribution in [3.05, 3.63) is 198 Å². The van der Waals surface area contributed by atoms with Gasteiger partial charge in [0.15, 0.2) is 23.0 Å². The average molecular weight is 891 g/mol. The zero-order valence-corrected chi connectivity index (χ0v) is 36.6. The topological polar surface area (TPSA) is 88.6 Å². The monoisotopic (exact) mass is 890 g/mol. The number of hydrogen-bond acceptors (Lipinski definition) is 8. The molecule has 1 saturated heterocycles. The number of anilines is 6. The molecule has 1 fully saturated rings. The van der Waals surface area contributed by atoms with Crippen LogP contribution < -0.4 is 19.3 Å². The van der Waals surface area contributed by atoms with Crippen molar-refractivity contribution in [2.75, 3.05) is 9.80 Å². The zero-order valence-electron chi connectivity index (χ0n) is 36.6. The summed E-state index contributed by atoms with van der Waals surface area (Å²) < 4.78 is 33.6. The minimum atomic E-state index is -0.346. The van der Waals surface area contributed by atoms with E-state index in [0.29, 0.717) is 68.2 Å². The number of furan rings is 2. The number of nitrogens with zero attached hydrogens (tertiary/aromatic N) is 4. The Labute approximate surface area is 394 Å². The van der Waals surface area contributed by atoms with Crippen LogP contribution in [0.15, 0.2) is 179 Å². The third kappa shape index (κ3) is 5.36. The van der Waals surface area contributed by atoms with E-state index in [1.807, 2.05) is 103 Å². The summed E-state index contributed by atoms with van der Waals surface area (Å²) in [5, 5.41) is 15.8. The van der Waals surface area contributed by atoms with Gasteiger partial charge in [-0.1, -0.05) is 109 Å². The van der Waals surface area contributed by atoms with Crippen molar-refractivity contribution in [2.45, 2.75) is 25.0 Å². The summed E-state index contributed by atoms with van der Waals surface area (Å²) in [6.45, 7) is 9.10. The lowest BCUT2D eigenvalue weighted by molar-refractivity contribution is 0.0721. The van der Waals surface area contributed by atoms with Gasteiger partial charge in [-0.3, -0.25) is 0 Å². The number of hydrogen-bond donors (Lipinski definition) is 0. The second-order valence-electron chi connectivity index (χ2n) is 18.0. The van der Waals surface area contributed by atoms with Gasteiger partial charge in [-0.15, -0.1) is 0 Å². The van der Waals surface area contributed by atoms with Crippen LogP contribution >= 0.6 is 0 Å². The van der Waals surface area contributed by atoms with Crippen molar-refractivity contribution in [1.29, 1.82) is 5.26 Å². The van der Waals surface area contributed by atoms with Gasteiger partial charge in [0.2, 0.25) is 5.69 Å². The molecule has 324 valence electrons. The van der Waals surface area contributed by atoms with Gasteiger partial charge in [-0.2, -0.15) is 5.26 Å². The Bertz CT molecular complexity index is 4120. The molecule has 9 heteroatoms. The molecular formula is C60H34N4O5. The summed E-state index contributed by atoms with van der Waals surface area (Å²) in [7, 11) is 0. The molecule has 0 saturated carbocycles. The lowest BCUT2D eigenvalue weighted by Gasteiger charge is -2.39. The van der Waals surface area contributed by atoms with E-state index in [2.05, 4.69) is 87.4 Å². The second kappa shape index (κ2) is 14.1. The third-order valence-electron chi connectivity index (χ3n) is 14.3. The van der Waals surface area contributed by atoms with Crippen LogP contribution in [0.3, 0.4) is 0 Å². The highest BCUT2D eigenvalue weighted by Crippen LogP contribution is 2.66. The molecule has 4 aliphatic rings. The van der Waals surface area contributed by atoms with E-state index in [1.165, 1.54) is 0 Å². The molecule has 0 N–H and O–H groups in total. The van der Waals surface area contributed by atoms with Crippen LogP contribution in [0.25, 0.3) is 71.0 Å². The molecule has 0 spiro atoms. The Balaban J connectivity index is 1.05. The molecule has 2 unspecified atom stereocenters. The molecule has 2 bridgehead atoms. The van der Waals surface area contributed by atoms with Gasteiger partial charge in [-0.05, 0) is 89.2 Å². The summed E-state index contributed by atoms with van der Waals surface area (Å²) in [6.07, 6.45) is 0.821. The molecule has 0 radical (unpaired) electrons. The standard InChI is InChI=1S/C60H34N4O5/c1-62-58-56-48-24-25-49(67-48)57(56)59(63-42-22-20-35(33-12-4-2-5-13-33)26-52(42)68-54-30-50-39(28-44(54)63)37-16-8-10-18-46(37)65-50)41(32-61)60(58)64-43-23-21-36(34-14-6-3-7-15-34)27-53(43)69-55-31-51-40(29-45(55)64)38-17-9-11-19-47(38)66-51/h2-23,26-31,48-49H,24-25H2. The molecule has 9 nitrogen and oxygen atoms in total. The van der Waals surface area contributed by atoms with Crippen molar-refractivity contribution < 1.29 is 23.0 Å². The predicted octanol–water partition coefficient (Wildman–Crippen LogP) is 17.3.